The molecule has 5 rings (SSSR count). The van der Waals surface area contributed by atoms with Crippen molar-refractivity contribution in [3.8, 4) is 5.82 Å². The maximum Gasteiger partial charge on any atom is 0.273 e. The molecule has 5 aromatic rings. The maximum atomic E-state index is 14.4. The summed E-state index contributed by atoms with van der Waals surface area (Å²) in [5.74, 6) is -0.802. The van der Waals surface area contributed by atoms with E-state index in [2.05, 4.69) is 4.98 Å². The van der Waals surface area contributed by atoms with Crippen molar-refractivity contribution in [1.29, 1.82) is 0 Å². The number of sulfonamides is 1. The number of carbonyl (C=O) groups excluding carboxylic acids is 1. The average Bonchev–Trinajstić information content (AvgIpc) is 3.47. The van der Waals surface area contributed by atoms with Crippen molar-refractivity contribution in [2.24, 2.45) is 0 Å². The molecule has 0 bridgehead atoms. The Hall–Kier alpha value is -3.18. The number of aryl methyl sites for hydroxylation is 1. The number of hydrogen-bond donors (Lipinski definition) is 1. The van der Waals surface area contributed by atoms with E-state index < -0.39 is 21.7 Å². The molecular weight excluding hydrogens is 534 g/mol. The van der Waals surface area contributed by atoms with Gasteiger partial charge in [-0.15, -0.1) is 11.3 Å². The van der Waals surface area contributed by atoms with Gasteiger partial charge in [0.15, 0.2) is 5.82 Å². The standard InChI is InChI=1S/C23H15Cl2FN4O3S2/c1-13-11-30(19-12-29-7-3-2-4-18(29)27-19)22-14(8-15(26)9-16(13)22)5-6-20(31)28-35(32,33)21-10-17(24)23(25)34-21/h2-12H,1H3,(H,28,31)/b6-5+. The van der Waals surface area contributed by atoms with Gasteiger partial charge in [0.05, 0.1) is 16.7 Å². The lowest BCUT2D eigenvalue weighted by Gasteiger charge is -2.06. The van der Waals surface area contributed by atoms with E-state index in [9.17, 15) is 17.6 Å². The molecule has 0 atom stereocenters. The molecule has 1 amide bonds. The Morgan fingerprint density at radius 3 is 2.71 bits per heavy atom. The second-order valence-corrected chi connectivity index (χ2v) is 11.6. The molecule has 0 saturated carbocycles. The van der Waals surface area contributed by atoms with Gasteiger partial charge >= 0.3 is 0 Å². The minimum absolute atomic E-state index is 0.0743. The molecular formula is C23H15Cl2FN4O3S2. The fourth-order valence-corrected chi connectivity index (χ4v) is 6.53. The van der Waals surface area contributed by atoms with Gasteiger partial charge in [-0.2, -0.15) is 0 Å². The Labute approximate surface area is 213 Å². The Balaban J connectivity index is 1.53. The molecule has 0 aliphatic heterocycles. The molecule has 0 radical (unpaired) electrons. The number of halogens is 3. The van der Waals surface area contributed by atoms with E-state index >= 15 is 0 Å². The van der Waals surface area contributed by atoms with Gasteiger partial charge in [0.1, 0.15) is 20.0 Å². The third-order valence-electron chi connectivity index (χ3n) is 5.23. The number of pyridine rings is 1. The van der Waals surface area contributed by atoms with Crippen LogP contribution in [0.15, 0.2) is 65.3 Å². The van der Waals surface area contributed by atoms with E-state index in [1.807, 2.05) is 52.8 Å². The van der Waals surface area contributed by atoms with Gasteiger partial charge in [-0.25, -0.2) is 22.5 Å². The highest BCUT2D eigenvalue weighted by atomic mass is 35.5. The summed E-state index contributed by atoms with van der Waals surface area (Å²) in [4.78, 5) is 17.1. The number of amides is 1. The quantitative estimate of drug-likeness (QED) is 0.289. The van der Waals surface area contributed by atoms with Gasteiger partial charge in [-0.05, 0) is 48.9 Å². The zero-order chi connectivity index (χ0) is 24.9. The number of carbonyl (C=O) groups is 1. The lowest BCUT2D eigenvalue weighted by atomic mass is 10.1. The summed E-state index contributed by atoms with van der Waals surface area (Å²) >= 11 is 12.4. The molecule has 0 aliphatic carbocycles. The van der Waals surface area contributed by atoms with Crippen LogP contribution < -0.4 is 4.72 Å². The lowest BCUT2D eigenvalue weighted by Crippen LogP contribution is -2.28. The summed E-state index contributed by atoms with van der Waals surface area (Å²) in [6.07, 6.45) is 7.92. The van der Waals surface area contributed by atoms with Crippen molar-refractivity contribution in [3.05, 3.63) is 87.4 Å². The summed E-state index contributed by atoms with van der Waals surface area (Å²) in [6.45, 7) is 1.85. The van der Waals surface area contributed by atoms with Gasteiger partial charge in [0, 0.05) is 29.4 Å². The first-order chi connectivity index (χ1) is 16.6. The normalized spacial score (nSPS) is 12.2. The zero-order valence-corrected chi connectivity index (χ0v) is 21.0. The second-order valence-electron chi connectivity index (χ2n) is 7.63. The number of fused-ring (bicyclic) bond motifs is 2. The summed E-state index contributed by atoms with van der Waals surface area (Å²) in [6, 6.07) is 9.45. The predicted octanol–water partition coefficient (Wildman–Crippen LogP) is 5.61. The number of nitrogens with zero attached hydrogens (tertiary/aromatic N) is 3. The first-order valence-corrected chi connectivity index (χ1v) is 13.1. The molecule has 35 heavy (non-hydrogen) atoms. The molecule has 1 aromatic carbocycles. The van der Waals surface area contributed by atoms with E-state index in [4.69, 9.17) is 23.2 Å². The van der Waals surface area contributed by atoms with Crippen LogP contribution in [0.4, 0.5) is 4.39 Å². The smallest absolute Gasteiger partial charge is 0.273 e. The maximum absolute atomic E-state index is 14.4. The van der Waals surface area contributed by atoms with Gasteiger partial charge < -0.3 is 4.40 Å². The molecule has 0 spiro atoms. The third-order valence-corrected chi connectivity index (χ3v) is 8.91. The van der Waals surface area contributed by atoms with Crippen LogP contribution in [0.25, 0.3) is 28.4 Å². The number of hydrogen-bond acceptors (Lipinski definition) is 5. The van der Waals surface area contributed by atoms with Crippen molar-refractivity contribution in [3.63, 3.8) is 0 Å². The molecule has 0 unspecified atom stereocenters. The first kappa shape index (κ1) is 23.6. The Kier molecular flexibility index (Phi) is 5.92. The summed E-state index contributed by atoms with van der Waals surface area (Å²) in [5, 5.41) is 0.711. The molecule has 1 N–H and O–H groups in total. The molecule has 0 saturated heterocycles. The summed E-state index contributed by atoms with van der Waals surface area (Å²) in [5.41, 5.74) is 2.54. The molecule has 4 aromatic heterocycles. The topological polar surface area (TPSA) is 85.5 Å². The minimum Gasteiger partial charge on any atom is -0.305 e. The van der Waals surface area contributed by atoms with Crippen LogP contribution in [0.5, 0.6) is 0 Å². The van der Waals surface area contributed by atoms with Crippen LogP contribution in [0.2, 0.25) is 9.36 Å². The van der Waals surface area contributed by atoms with Crippen molar-refractivity contribution in [2.75, 3.05) is 0 Å². The molecule has 0 fully saturated rings. The number of imidazole rings is 1. The van der Waals surface area contributed by atoms with E-state index in [1.165, 1.54) is 18.2 Å². The summed E-state index contributed by atoms with van der Waals surface area (Å²) in [7, 11) is -4.17. The van der Waals surface area contributed by atoms with Crippen LogP contribution in [-0.4, -0.2) is 28.3 Å². The zero-order valence-electron chi connectivity index (χ0n) is 17.9. The van der Waals surface area contributed by atoms with Crippen molar-refractivity contribution < 1.29 is 17.6 Å². The van der Waals surface area contributed by atoms with Crippen LogP contribution in [0.1, 0.15) is 11.1 Å². The second kappa shape index (κ2) is 8.80. The number of aromatic nitrogens is 3. The van der Waals surface area contributed by atoms with E-state index in [1.54, 1.807) is 4.57 Å². The molecule has 4 heterocycles. The van der Waals surface area contributed by atoms with Gasteiger partial charge in [0.25, 0.3) is 15.9 Å². The number of thiophene rings is 1. The van der Waals surface area contributed by atoms with E-state index in [0.717, 1.165) is 34.7 Å². The van der Waals surface area contributed by atoms with Crippen molar-refractivity contribution in [2.45, 2.75) is 11.1 Å². The third kappa shape index (κ3) is 4.45. The molecule has 12 heteroatoms. The number of nitrogens with one attached hydrogen (secondary N) is 1. The fourth-order valence-electron chi connectivity index (χ4n) is 3.70. The molecule has 178 valence electrons. The van der Waals surface area contributed by atoms with Crippen LogP contribution in [0, 0.1) is 12.7 Å². The van der Waals surface area contributed by atoms with Gasteiger partial charge in [-0.3, -0.25) is 9.36 Å². The number of benzene rings is 1. The highest BCUT2D eigenvalue weighted by Crippen LogP contribution is 2.34. The van der Waals surface area contributed by atoms with E-state index in [0.29, 0.717) is 22.3 Å². The van der Waals surface area contributed by atoms with Crippen LogP contribution >= 0.6 is 34.5 Å². The minimum atomic E-state index is -4.17. The molecule has 7 nitrogen and oxygen atoms in total. The Bertz CT molecular complexity index is 1720. The highest BCUT2D eigenvalue weighted by molar-refractivity contribution is 7.92. The fraction of sp³-hybridized carbons (Fsp3) is 0.0435. The Morgan fingerprint density at radius 2 is 2.00 bits per heavy atom. The van der Waals surface area contributed by atoms with Crippen LogP contribution in [-0.2, 0) is 14.8 Å². The largest absolute Gasteiger partial charge is 0.305 e. The predicted molar refractivity (Wildman–Crippen MR) is 135 cm³/mol. The molecule has 0 aliphatic rings. The monoisotopic (exact) mass is 548 g/mol. The van der Waals surface area contributed by atoms with Crippen molar-refractivity contribution >= 4 is 73.1 Å². The van der Waals surface area contributed by atoms with Gasteiger partial charge in [-0.1, -0.05) is 29.3 Å². The van der Waals surface area contributed by atoms with Crippen LogP contribution in [0.3, 0.4) is 0 Å². The lowest BCUT2D eigenvalue weighted by molar-refractivity contribution is -0.114. The SMILES string of the molecule is Cc1cn(-c2cn3ccccc3n2)c2c(/C=C/C(=O)NS(=O)(=O)c3cc(Cl)c(Cl)s3)cc(F)cc12. The van der Waals surface area contributed by atoms with E-state index in [-0.39, 0.29) is 13.6 Å². The van der Waals surface area contributed by atoms with Crippen molar-refractivity contribution in [1.82, 2.24) is 18.7 Å². The number of rotatable bonds is 5. The first-order valence-electron chi connectivity index (χ1n) is 10.1. The summed E-state index contributed by atoms with van der Waals surface area (Å²) < 4.78 is 44.9. The Morgan fingerprint density at radius 1 is 1.20 bits per heavy atom. The average molecular weight is 549 g/mol. The van der Waals surface area contributed by atoms with Gasteiger partial charge in [0.2, 0.25) is 0 Å². The highest BCUT2D eigenvalue weighted by Gasteiger charge is 2.21.